The maximum atomic E-state index is 13.9. The van der Waals surface area contributed by atoms with Crippen LogP contribution in [0.3, 0.4) is 0 Å². The van der Waals surface area contributed by atoms with Crippen LogP contribution in [0.15, 0.2) is 78.9 Å². The van der Waals surface area contributed by atoms with Crippen molar-refractivity contribution < 1.29 is 9.59 Å². The molecule has 4 nitrogen and oxygen atoms in total. The largest absolute Gasteiger partial charge is 0.304 e. The van der Waals surface area contributed by atoms with Crippen molar-refractivity contribution in [3.8, 4) is 0 Å². The molecule has 0 aliphatic carbocycles. The highest BCUT2D eigenvalue weighted by Crippen LogP contribution is 2.55. The third-order valence-electron chi connectivity index (χ3n) is 5.51. The van der Waals surface area contributed by atoms with Crippen molar-refractivity contribution in [1.82, 2.24) is 0 Å². The second-order valence-electron chi connectivity index (χ2n) is 7.39. The maximum Gasteiger partial charge on any atom is 0.269 e. The van der Waals surface area contributed by atoms with Crippen LogP contribution < -0.4 is 9.80 Å². The summed E-state index contributed by atoms with van der Waals surface area (Å²) in [6.45, 7) is 2.48. The van der Waals surface area contributed by atoms with Gasteiger partial charge in [-0.25, -0.2) is 0 Å². The SMILES string of the molecule is Cc1cccc(N2C(=O)CS[C@@]23C(=O)N(Cc2ccccc2)c2ccccc23)c1. The van der Waals surface area contributed by atoms with Gasteiger partial charge in [-0.1, -0.05) is 60.7 Å². The number of anilines is 2. The molecule has 0 radical (unpaired) electrons. The lowest BCUT2D eigenvalue weighted by molar-refractivity contribution is -0.123. The molecule has 3 aromatic carbocycles. The van der Waals surface area contributed by atoms with Crippen LogP contribution >= 0.6 is 11.8 Å². The predicted octanol–water partition coefficient (Wildman–Crippen LogP) is 4.47. The topological polar surface area (TPSA) is 40.6 Å². The van der Waals surface area contributed by atoms with Crippen molar-refractivity contribution in [2.75, 3.05) is 15.6 Å². The number of thioether (sulfide) groups is 1. The number of amides is 2. The van der Waals surface area contributed by atoms with Crippen molar-refractivity contribution in [3.05, 3.63) is 95.6 Å². The first-order chi connectivity index (χ1) is 14.1. The lowest BCUT2D eigenvalue weighted by Crippen LogP contribution is -2.49. The Morgan fingerprint density at radius 1 is 0.931 bits per heavy atom. The molecule has 3 aromatic rings. The van der Waals surface area contributed by atoms with Crippen LogP contribution in [0.5, 0.6) is 0 Å². The maximum absolute atomic E-state index is 13.9. The molecular formula is C24H20N2O2S. The molecule has 0 aromatic heterocycles. The van der Waals surface area contributed by atoms with Gasteiger partial charge in [-0.05, 0) is 36.2 Å². The Morgan fingerprint density at radius 3 is 2.48 bits per heavy atom. The summed E-state index contributed by atoms with van der Waals surface area (Å²) >= 11 is 1.42. The van der Waals surface area contributed by atoms with E-state index in [0.29, 0.717) is 6.54 Å². The fourth-order valence-corrected chi connectivity index (χ4v) is 5.60. The van der Waals surface area contributed by atoms with E-state index in [0.717, 1.165) is 28.1 Å². The van der Waals surface area contributed by atoms with Crippen LogP contribution in [0.1, 0.15) is 16.7 Å². The van der Waals surface area contributed by atoms with Crippen LogP contribution in [0.2, 0.25) is 0 Å². The number of carbonyl (C=O) groups excluding carboxylic acids is 2. The van der Waals surface area contributed by atoms with E-state index in [1.807, 2.05) is 90.7 Å². The van der Waals surface area contributed by atoms with E-state index in [1.54, 1.807) is 4.90 Å². The van der Waals surface area contributed by atoms with Gasteiger partial charge in [-0.3, -0.25) is 14.5 Å². The molecule has 0 N–H and O–H groups in total. The molecule has 5 rings (SSSR count). The van der Waals surface area contributed by atoms with Crippen molar-refractivity contribution in [2.45, 2.75) is 18.3 Å². The number of hydrogen-bond donors (Lipinski definition) is 0. The van der Waals surface area contributed by atoms with Gasteiger partial charge in [-0.2, -0.15) is 0 Å². The van der Waals surface area contributed by atoms with E-state index < -0.39 is 4.87 Å². The third-order valence-corrected chi connectivity index (χ3v) is 6.89. The monoisotopic (exact) mass is 400 g/mol. The minimum Gasteiger partial charge on any atom is -0.304 e. The zero-order valence-electron chi connectivity index (χ0n) is 16.0. The number of aryl methyl sites for hydroxylation is 1. The molecule has 2 aliphatic heterocycles. The minimum atomic E-state index is -1.05. The zero-order valence-corrected chi connectivity index (χ0v) is 16.9. The van der Waals surface area contributed by atoms with Gasteiger partial charge in [-0.15, -0.1) is 11.8 Å². The summed E-state index contributed by atoms with van der Waals surface area (Å²) in [5.74, 6) is 0.193. The van der Waals surface area contributed by atoms with Gasteiger partial charge in [0.15, 0.2) is 0 Å². The number of carbonyl (C=O) groups is 2. The molecular weight excluding hydrogens is 380 g/mol. The first kappa shape index (κ1) is 18.0. The Balaban J connectivity index is 1.66. The molecule has 144 valence electrons. The highest BCUT2D eigenvalue weighted by Gasteiger charge is 2.60. The summed E-state index contributed by atoms with van der Waals surface area (Å²) in [6.07, 6.45) is 0. The average Bonchev–Trinajstić information content (AvgIpc) is 3.20. The van der Waals surface area contributed by atoms with Crippen LogP contribution in [-0.2, 0) is 21.0 Å². The molecule has 29 heavy (non-hydrogen) atoms. The first-order valence-corrected chi connectivity index (χ1v) is 10.6. The average molecular weight is 401 g/mol. The van der Waals surface area contributed by atoms with Gasteiger partial charge >= 0.3 is 0 Å². The molecule has 0 unspecified atom stereocenters. The summed E-state index contributed by atoms with van der Waals surface area (Å²) < 4.78 is 0. The van der Waals surface area contributed by atoms with Crippen molar-refractivity contribution in [3.63, 3.8) is 0 Å². The fourth-order valence-electron chi connectivity index (χ4n) is 4.25. The summed E-state index contributed by atoms with van der Waals surface area (Å²) in [4.78, 5) is 29.4. The molecule has 1 fully saturated rings. The molecule has 1 saturated heterocycles. The first-order valence-electron chi connectivity index (χ1n) is 9.60. The number of fused-ring (bicyclic) bond motifs is 2. The third kappa shape index (κ3) is 2.69. The Morgan fingerprint density at radius 2 is 1.69 bits per heavy atom. The molecule has 0 bridgehead atoms. The van der Waals surface area contributed by atoms with Crippen LogP contribution in [-0.4, -0.2) is 17.6 Å². The van der Waals surface area contributed by atoms with E-state index in [-0.39, 0.29) is 17.6 Å². The molecule has 0 saturated carbocycles. The number of rotatable bonds is 3. The Hall–Kier alpha value is -3.05. The summed E-state index contributed by atoms with van der Waals surface area (Å²) in [7, 11) is 0. The Labute approximate surface area is 174 Å². The standard InChI is InChI=1S/C24H20N2O2S/c1-17-8-7-11-19(14-17)26-22(27)16-29-24(26)20-12-5-6-13-21(20)25(23(24)28)15-18-9-3-2-4-10-18/h2-14H,15-16H2,1H3/t24-/m0/s1. The number of benzene rings is 3. The van der Waals surface area contributed by atoms with Gasteiger partial charge in [0.2, 0.25) is 10.8 Å². The van der Waals surface area contributed by atoms with Crippen molar-refractivity contribution in [1.29, 1.82) is 0 Å². The van der Waals surface area contributed by atoms with Gasteiger partial charge in [0.25, 0.3) is 5.91 Å². The van der Waals surface area contributed by atoms with E-state index in [4.69, 9.17) is 0 Å². The van der Waals surface area contributed by atoms with Crippen molar-refractivity contribution >= 4 is 35.0 Å². The van der Waals surface area contributed by atoms with Gasteiger partial charge < -0.3 is 4.90 Å². The second kappa shape index (κ2) is 6.78. The van der Waals surface area contributed by atoms with E-state index in [9.17, 15) is 9.59 Å². The van der Waals surface area contributed by atoms with E-state index in [1.165, 1.54) is 11.8 Å². The van der Waals surface area contributed by atoms with Crippen LogP contribution in [0.4, 0.5) is 11.4 Å². The summed E-state index contributed by atoms with van der Waals surface area (Å²) in [5, 5.41) is 0. The molecule has 2 aliphatic rings. The predicted molar refractivity (Wildman–Crippen MR) is 117 cm³/mol. The normalized spacial score (nSPS) is 20.6. The highest BCUT2D eigenvalue weighted by atomic mass is 32.2. The van der Waals surface area contributed by atoms with Crippen LogP contribution in [0.25, 0.3) is 0 Å². The number of para-hydroxylation sites is 1. The quantitative estimate of drug-likeness (QED) is 0.651. The molecule has 1 atom stereocenters. The lowest BCUT2D eigenvalue weighted by atomic mass is 10.0. The van der Waals surface area contributed by atoms with Crippen LogP contribution in [0, 0.1) is 6.92 Å². The minimum absolute atomic E-state index is 0.0367. The Kier molecular flexibility index (Phi) is 4.21. The zero-order chi connectivity index (χ0) is 20.0. The van der Waals surface area contributed by atoms with Crippen molar-refractivity contribution in [2.24, 2.45) is 0 Å². The molecule has 2 amide bonds. The van der Waals surface area contributed by atoms with E-state index >= 15 is 0 Å². The lowest BCUT2D eigenvalue weighted by Gasteiger charge is -2.33. The van der Waals surface area contributed by atoms with Gasteiger partial charge in [0.1, 0.15) is 0 Å². The number of nitrogens with zero attached hydrogens (tertiary/aromatic N) is 2. The second-order valence-corrected chi connectivity index (χ2v) is 8.56. The van der Waals surface area contributed by atoms with E-state index in [2.05, 4.69) is 0 Å². The smallest absolute Gasteiger partial charge is 0.269 e. The van der Waals surface area contributed by atoms with Gasteiger partial charge in [0.05, 0.1) is 18.0 Å². The molecule has 2 heterocycles. The summed E-state index contributed by atoms with van der Waals surface area (Å²) in [6, 6.07) is 25.6. The van der Waals surface area contributed by atoms with Gasteiger partial charge in [0, 0.05) is 11.3 Å². The highest BCUT2D eigenvalue weighted by molar-refractivity contribution is 8.02. The fraction of sp³-hybridized carbons (Fsp3) is 0.167. The number of hydrogen-bond acceptors (Lipinski definition) is 3. The molecule has 1 spiro atoms. The molecule has 5 heteroatoms. The Bertz CT molecular complexity index is 1110. The summed E-state index contributed by atoms with van der Waals surface area (Å²) in [5.41, 5.74) is 4.65.